The first-order chi connectivity index (χ1) is 9.09. The van der Waals surface area contributed by atoms with Crippen molar-refractivity contribution in [2.75, 3.05) is 13.1 Å². The topological polar surface area (TPSA) is 37.4 Å². The lowest BCUT2D eigenvalue weighted by atomic mass is 10.1. The maximum absolute atomic E-state index is 13.5. The van der Waals surface area contributed by atoms with Crippen molar-refractivity contribution < 1.29 is 18.4 Å². The molecular weight excluding hydrogens is 252 g/mol. The second-order valence-electron chi connectivity index (χ2n) is 4.65. The minimum Gasteiger partial charge on any atom is -0.335 e. The molecule has 1 heterocycles. The van der Waals surface area contributed by atoms with Gasteiger partial charge in [0.1, 0.15) is 11.6 Å². The Morgan fingerprint density at radius 3 is 2.53 bits per heavy atom. The number of benzene rings is 1. The van der Waals surface area contributed by atoms with Crippen LogP contribution in [0.2, 0.25) is 0 Å². The van der Waals surface area contributed by atoms with Gasteiger partial charge in [-0.1, -0.05) is 12.5 Å². The van der Waals surface area contributed by atoms with E-state index < -0.39 is 23.0 Å². The zero-order valence-electron chi connectivity index (χ0n) is 10.5. The fraction of sp³-hybridized carbons (Fsp3) is 0.429. The fourth-order valence-corrected chi connectivity index (χ4v) is 2.22. The van der Waals surface area contributed by atoms with Crippen molar-refractivity contribution in [3.05, 3.63) is 35.4 Å². The van der Waals surface area contributed by atoms with Gasteiger partial charge in [0, 0.05) is 13.0 Å². The van der Waals surface area contributed by atoms with Gasteiger partial charge in [0.05, 0.1) is 12.1 Å². The highest BCUT2D eigenvalue weighted by Crippen LogP contribution is 2.16. The summed E-state index contributed by atoms with van der Waals surface area (Å²) < 4.78 is 26.9. The van der Waals surface area contributed by atoms with Gasteiger partial charge in [-0.05, 0) is 25.0 Å². The molecule has 0 atom stereocenters. The zero-order chi connectivity index (χ0) is 13.8. The Morgan fingerprint density at radius 2 is 1.84 bits per heavy atom. The van der Waals surface area contributed by atoms with Gasteiger partial charge >= 0.3 is 0 Å². The summed E-state index contributed by atoms with van der Waals surface area (Å²) in [6.45, 7) is 0.220. The molecule has 1 aliphatic rings. The standard InChI is InChI=1S/C14H15F2NO2/c15-10-5-4-6-11(16)14(10)12(18)9-17-8-3-1-2-7-13(17)19/h4-6H,1-3,7-9H2. The van der Waals surface area contributed by atoms with Crippen LogP contribution in [0.4, 0.5) is 8.78 Å². The molecule has 2 rings (SSSR count). The van der Waals surface area contributed by atoms with Gasteiger partial charge in [-0.2, -0.15) is 0 Å². The van der Waals surface area contributed by atoms with Crippen LogP contribution in [0, 0.1) is 11.6 Å². The molecule has 1 aliphatic heterocycles. The van der Waals surface area contributed by atoms with Crippen molar-refractivity contribution in [3.63, 3.8) is 0 Å². The van der Waals surface area contributed by atoms with Gasteiger partial charge in [0.2, 0.25) is 5.91 Å². The highest BCUT2D eigenvalue weighted by atomic mass is 19.1. The Morgan fingerprint density at radius 1 is 1.16 bits per heavy atom. The average Bonchev–Trinajstić information content (AvgIpc) is 2.55. The summed E-state index contributed by atoms with van der Waals surface area (Å²) in [5.41, 5.74) is -0.556. The number of carbonyl (C=O) groups is 2. The van der Waals surface area contributed by atoms with Crippen LogP contribution in [-0.4, -0.2) is 29.7 Å². The maximum Gasteiger partial charge on any atom is 0.222 e. The van der Waals surface area contributed by atoms with E-state index in [4.69, 9.17) is 0 Å². The van der Waals surface area contributed by atoms with Gasteiger partial charge < -0.3 is 4.90 Å². The predicted molar refractivity (Wildman–Crippen MR) is 65.7 cm³/mol. The Hall–Kier alpha value is -1.78. The molecule has 0 unspecified atom stereocenters. The molecule has 0 aliphatic carbocycles. The van der Waals surface area contributed by atoms with Crippen molar-refractivity contribution in [2.24, 2.45) is 0 Å². The van der Waals surface area contributed by atoms with Crippen LogP contribution in [0.3, 0.4) is 0 Å². The molecular formula is C14H15F2NO2. The normalized spacial score (nSPS) is 16.3. The molecule has 0 aromatic heterocycles. The number of halogens is 2. The van der Waals surface area contributed by atoms with Gasteiger partial charge in [0.15, 0.2) is 5.78 Å². The number of hydrogen-bond donors (Lipinski definition) is 0. The fourth-order valence-electron chi connectivity index (χ4n) is 2.22. The Bertz CT molecular complexity index is 482. The van der Waals surface area contributed by atoms with E-state index in [9.17, 15) is 18.4 Å². The van der Waals surface area contributed by atoms with Gasteiger partial charge in [-0.3, -0.25) is 9.59 Å². The van der Waals surface area contributed by atoms with Crippen molar-refractivity contribution >= 4 is 11.7 Å². The molecule has 1 aromatic carbocycles. The lowest BCUT2D eigenvalue weighted by Gasteiger charge is -2.19. The van der Waals surface area contributed by atoms with Crippen LogP contribution in [0.15, 0.2) is 18.2 Å². The molecule has 1 saturated heterocycles. The third-order valence-corrected chi connectivity index (χ3v) is 3.25. The first-order valence-corrected chi connectivity index (χ1v) is 6.34. The zero-order valence-corrected chi connectivity index (χ0v) is 10.5. The summed E-state index contributed by atoms with van der Waals surface area (Å²) in [4.78, 5) is 25.1. The predicted octanol–water partition coefficient (Wildman–Crippen LogP) is 2.55. The summed E-state index contributed by atoms with van der Waals surface area (Å²) in [7, 11) is 0. The number of nitrogens with zero attached hydrogens (tertiary/aromatic N) is 1. The smallest absolute Gasteiger partial charge is 0.222 e. The van der Waals surface area contributed by atoms with Gasteiger partial charge in [0.25, 0.3) is 0 Å². The molecule has 0 spiro atoms. The van der Waals surface area contributed by atoms with E-state index in [0.29, 0.717) is 13.0 Å². The molecule has 1 fully saturated rings. The van der Waals surface area contributed by atoms with E-state index in [1.807, 2.05) is 0 Å². The van der Waals surface area contributed by atoms with Crippen LogP contribution >= 0.6 is 0 Å². The van der Waals surface area contributed by atoms with Crippen LogP contribution in [0.1, 0.15) is 36.0 Å². The number of amides is 1. The number of Topliss-reactive ketones (excluding diaryl/α,β-unsaturated/α-hetero) is 1. The Balaban J connectivity index is 2.14. The largest absolute Gasteiger partial charge is 0.335 e. The molecule has 3 nitrogen and oxygen atoms in total. The quantitative estimate of drug-likeness (QED) is 0.789. The molecule has 5 heteroatoms. The molecule has 0 saturated carbocycles. The summed E-state index contributed by atoms with van der Waals surface area (Å²) in [6, 6.07) is 3.29. The van der Waals surface area contributed by atoms with Crippen molar-refractivity contribution in [2.45, 2.75) is 25.7 Å². The van der Waals surface area contributed by atoms with E-state index in [2.05, 4.69) is 0 Å². The summed E-state index contributed by atoms with van der Waals surface area (Å²) in [5, 5.41) is 0. The minimum absolute atomic E-state index is 0.123. The molecule has 1 amide bonds. The van der Waals surface area contributed by atoms with E-state index >= 15 is 0 Å². The highest BCUT2D eigenvalue weighted by molar-refractivity contribution is 5.99. The second-order valence-corrected chi connectivity index (χ2v) is 4.65. The van der Waals surface area contributed by atoms with Crippen LogP contribution in [0.5, 0.6) is 0 Å². The Kier molecular flexibility index (Phi) is 4.24. The summed E-state index contributed by atoms with van der Waals surface area (Å²) >= 11 is 0. The molecule has 1 aromatic rings. The molecule has 0 radical (unpaired) electrons. The Labute approximate surface area is 110 Å². The second kappa shape index (κ2) is 5.91. The molecule has 102 valence electrons. The molecule has 0 N–H and O–H groups in total. The first-order valence-electron chi connectivity index (χ1n) is 6.34. The van der Waals surface area contributed by atoms with Crippen LogP contribution < -0.4 is 0 Å². The highest BCUT2D eigenvalue weighted by Gasteiger charge is 2.23. The van der Waals surface area contributed by atoms with E-state index in [1.165, 1.54) is 11.0 Å². The average molecular weight is 267 g/mol. The summed E-state index contributed by atoms with van der Waals surface area (Å²) in [6.07, 6.45) is 2.95. The van der Waals surface area contributed by atoms with E-state index in [1.54, 1.807) is 0 Å². The third kappa shape index (κ3) is 3.16. The number of rotatable bonds is 3. The maximum atomic E-state index is 13.5. The molecule has 19 heavy (non-hydrogen) atoms. The van der Waals surface area contributed by atoms with Crippen molar-refractivity contribution in [1.82, 2.24) is 4.90 Å². The van der Waals surface area contributed by atoms with Gasteiger partial charge in [-0.25, -0.2) is 8.78 Å². The van der Waals surface area contributed by atoms with Crippen LogP contribution in [-0.2, 0) is 4.79 Å². The lowest BCUT2D eigenvalue weighted by Crippen LogP contribution is -2.35. The third-order valence-electron chi connectivity index (χ3n) is 3.25. The van der Waals surface area contributed by atoms with E-state index in [0.717, 1.165) is 31.4 Å². The number of ketones is 1. The number of likely N-dealkylation sites (tertiary alicyclic amines) is 1. The van der Waals surface area contributed by atoms with Crippen LogP contribution in [0.25, 0.3) is 0 Å². The van der Waals surface area contributed by atoms with Crippen molar-refractivity contribution in [1.29, 1.82) is 0 Å². The summed E-state index contributed by atoms with van der Waals surface area (Å²) in [5.74, 6) is -2.58. The van der Waals surface area contributed by atoms with Crippen molar-refractivity contribution in [3.8, 4) is 0 Å². The van der Waals surface area contributed by atoms with Gasteiger partial charge in [-0.15, -0.1) is 0 Å². The first kappa shape index (κ1) is 13.6. The number of hydrogen-bond acceptors (Lipinski definition) is 2. The number of carbonyl (C=O) groups excluding carboxylic acids is 2. The van der Waals surface area contributed by atoms with E-state index in [-0.39, 0.29) is 12.5 Å². The minimum atomic E-state index is -0.882. The lowest BCUT2D eigenvalue weighted by molar-refractivity contribution is -0.130. The monoisotopic (exact) mass is 267 g/mol. The molecule has 0 bridgehead atoms. The SMILES string of the molecule is O=C(CN1CCCCCC1=O)c1c(F)cccc1F.